The van der Waals surface area contributed by atoms with Crippen molar-refractivity contribution in [2.24, 2.45) is 0 Å². The van der Waals surface area contributed by atoms with Gasteiger partial charge in [-0.25, -0.2) is 0 Å². The first-order chi connectivity index (χ1) is 7.24. The van der Waals surface area contributed by atoms with Crippen LogP contribution in [0.1, 0.15) is 24.8 Å². The molecule has 1 aromatic carbocycles. The number of benzene rings is 1. The summed E-state index contributed by atoms with van der Waals surface area (Å²) in [6.45, 7) is 1.75. The molecule has 1 aromatic rings. The number of para-hydroxylation sites is 1. The molecule has 0 aliphatic carbocycles. The lowest BCUT2D eigenvalue weighted by molar-refractivity contribution is -0.119. The molecule has 1 atom stereocenters. The van der Waals surface area contributed by atoms with Crippen molar-refractivity contribution in [3.8, 4) is 11.8 Å². The molecule has 0 saturated heterocycles. The highest BCUT2D eigenvalue weighted by Crippen LogP contribution is 2.27. The van der Waals surface area contributed by atoms with Gasteiger partial charge in [0.05, 0.1) is 13.2 Å². The molecule has 3 heteroatoms. The number of nitriles is 1. The third kappa shape index (κ3) is 2.35. The van der Waals surface area contributed by atoms with Crippen LogP contribution in [-0.4, -0.2) is 12.9 Å². The lowest BCUT2D eigenvalue weighted by Gasteiger charge is -2.11. The molecular formula is C12H13NO2. The third-order valence-electron chi connectivity index (χ3n) is 2.25. The SMILES string of the molecule is CCC(=O)C(C#N)c1ccccc1OC. The van der Waals surface area contributed by atoms with Gasteiger partial charge in [-0.05, 0) is 6.07 Å². The molecule has 0 radical (unpaired) electrons. The molecule has 15 heavy (non-hydrogen) atoms. The van der Waals surface area contributed by atoms with Gasteiger partial charge >= 0.3 is 0 Å². The number of carbonyl (C=O) groups is 1. The van der Waals surface area contributed by atoms with Gasteiger partial charge < -0.3 is 4.74 Å². The largest absolute Gasteiger partial charge is 0.496 e. The number of hydrogen-bond acceptors (Lipinski definition) is 3. The molecule has 0 heterocycles. The lowest BCUT2D eigenvalue weighted by Crippen LogP contribution is -2.10. The van der Waals surface area contributed by atoms with Crippen molar-refractivity contribution >= 4 is 5.78 Å². The number of methoxy groups -OCH3 is 1. The maximum absolute atomic E-state index is 11.5. The van der Waals surface area contributed by atoms with Crippen LogP contribution in [0.3, 0.4) is 0 Å². The van der Waals surface area contributed by atoms with Crippen molar-refractivity contribution in [3.63, 3.8) is 0 Å². The Morgan fingerprint density at radius 3 is 2.73 bits per heavy atom. The number of rotatable bonds is 4. The van der Waals surface area contributed by atoms with Gasteiger partial charge in [-0.15, -0.1) is 0 Å². The standard InChI is InChI=1S/C12H13NO2/c1-3-11(14)10(8-13)9-6-4-5-7-12(9)15-2/h4-7,10H,3H2,1-2H3. The minimum atomic E-state index is -0.717. The van der Waals surface area contributed by atoms with E-state index in [9.17, 15) is 4.79 Å². The second-order valence-electron chi connectivity index (χ2n) is 3.12. The first-order valence-corrected chi connectivity index (χ1v) is 4.79. The molecule has 0 fully saturated rings. The zero-order valence-corrected chi connectivity index (χ0v) is 8.86. The van der Waals surface area contributed by atoms with Crippen molar-refractivity contribution < 1.29 is 9.53 Å². The normalized spacial score (nSPS) is 11.5. The first kappa shape index (κ1) is 11.3. The summed E-state index contributed by atoms with van der Waals surface area (Å²) >= 11 is 0. The van der Waals surface area contributed by atoms with Crippen LogP contribution in [0.25, 0.3) is 0 Å². The van der Waals surface area contributed by atoms with Gasteiger partial charge in [0.2, 0.25) is 0 Å². The summed E-state index contributed by atoms with van der Waals surface area (Å²) in [5, 5.41) is 8.97. The predicted octanol–water partition coefficient (Wildman–Crippen LogP) is 2.28. The molecule has 0 amide bonds. The fraction of sp³-hybridized carbons (Fsp3) is 0.333. The molecule has 0 bridgehead atoms. The fourth-order valence-electron chi connectivity index (χ4n) is 1.42. The summed E-state index contributed by atoms with van der Waals surface area (Å²) in [6.07, 6.45) is 0.357. The quantitative estimate of drug-likeness (QED) is 0.754. The molecule has 78 valence electrons. The Kier molecular flexibility index (Phi) is 3.87. The van der Waals surface area contributed by atoms with Crippen molar-refractivity contribution in [2.75, 3.05) is 7.11 Å². The molecule has 0 aliphatic heterocycles. The van der Waals surface area contributed by atoms with Gasteiger partial charge in [0.1, 0.15) is 11.7 Å². The molecule has 0 N–H and O–H groups in total. The molecular weight excluding hydrogens is 190 g/mol. The van der Waals surface area contributed by atoms with Crippen LogP contribution in [0.4, 0.5) is 0 Å². The number of carbonyl (C=O) groups excluding carboxylic acids is 1. The maximum atomic E-state index is 11.5. The van der Waals surface area contributed by atoms with Crippen LogP contribution in [0.2, 0.25) is 0 Å². The smallest absolute Gasteiger partial charge is 0.154 e. The molecule has 0 spiro atoms. The van der Waals surface area contributed by atoms with Gasteiger partial charge in [0.25, 0.3) is 0 Å². The predicted molar refractivity (Wildman–Crippen MR) is 56.6 cm³/mol. The van der Waals surface area contributed by atoms with E-state index in [1.54, 1.807) is 25.1 Å². The fourth-order valence-corrected chi connectivity index (χ4v) is 1.42. The molecule has 1 unspecified atom stereocenters. The Labute approximate surface area is 89.3 Å². The second kappa shape index (κ2) is 5.16. The summed E-state index contributed by atoms with van der Waals surface area (Å²) in [4.78, 5) is 11.5. The second-order valence-corrected chi connectivity index (χ2v) is 3.12. The zero-order chi connectivity index (χ0) is 11.3. The first-order valence-electron chi connectivity index (χ1n) is 4.79. The van der Waals surface area contributed by atoms with Crippen LogP contribution < -0.4 is 4.74 Å². The van der Waals surface area contributed by atoms with E-state index in [-0.39, 0.29) is 5.78 Å². The van der Waals surface area contributed by atoms with Gasteiger partial charge in [-0.2, -0.15) is 5.26 Å². The van der Waals surface area contributed by atoms with Gasteiger partial charge in [0, 0.05) is 12.0 Å². The number of ether oxygens (including phenoxy) is 1. The average Bonchev–Trinajstić information content (AvgIpc) is 2.30. The van der Waals surface area contributed by atoms with E-state index in [1.807, 2.05) is 12.1 Å². The zero-order valence-electron chi connectivity index (χ0n) is 8.86. The Hall–Kier alpha value is -1.82. The van der Waals surface area contributed by atoms with Crippen LogP contribution >= 0.6 is 0 Å². The monoisotopic (exact) mass is 203 g/mol. The molecule has 0 aliphatic rings. The van der Waals surface area contributed by atoms with E-state index in [2.05, 4.69) is 0 Å². The molecule has 0 saturated carbocycles. The molecule has 3 nitrogen and oxygen atoms in total. The highest BCUT2D eigenvalue weighted by atomic mass is 16.5. The summed E-state index contributed by atoms with van der Waals surface area (Å²) in [5.41, 5.74) is 0.648. The number of nitrogens with zero attached hydrogens (tertiary/aromatic N) is 1. The minimum absolute atomic E-state index is 0.0815. The van der Waals surface area contributed by atoms with Crippen molar-refractivity contribution in [1.82, 2.24) is 0 Å². The van der Waals surface area contributed by atoms with Crippen LogP contribution in [0.5, 0.6) is 5.75 Å². The Balaban J connectivity index is 3.13. The van der Waals surface area contributed by atoms with Crippen LogP contribution in [0.15, 0.2) is 24.3 Å². The highest BCUT2D eigenvalue weighted by molar-refractivity contribution is 5.88. The minimum Gasteiger partial charge on any atom is -0.496 e. The average molecular weight is 203 g/mol. The van der Waals surface area contributed by atoms with E-state index in [4.69, 9.17) is 10.00 Å². The highest BCUT2D eigenvalue weighted by Gasteiger charge is 2.21. The van der Waals surface area contributed by atoms with E-state index in [1.165, 1.54) is 7.11 Å². The number of hydrogen-bond donors (Lipinski definition) is 0. The van der Waals surface area contributed by atoms with Crippen molar-refractivity contribution in [3.05, 3.63) is 29.8 Å². The summed E-state index contributed by atoms with van der Waals surface area (Å²) in [7, 11) is 1.53. The van der Waals surface area contributed by atoms with E-state index >= 15 is 0 Å². The Bertz CT molecular complexity index is 393. The van der Waals surface area contributed by atoms with E-state index in [0.717, 1.165) is 0 Å². The summed E-state index contributed by atoms with van der Waals surface area (Å²) in [5.74, 6) is -0.209. The van der Waals surface area contributed by atoms with Gasteiger partial charge in [-0.3, -0.25) is 4.79 Å². The third-order valence-corrected chi connectivity index (χ3v) is 2.25. The summed E-state index contributed by atoms with van der Waals surface area (Å²) < 4.78 is 5.12. The number of Topliss-reactive ketones (excluding diaryl/α,β-unsaturated/α-hetero) is 1. The van der Waals surface area contributed by atoms with Crippen LogP contribution in [-0.2, 0) is 4.79 Å². The van der Waals surface area contributed by atoms with Crippen molar-refractivity contribution in [1.29, 1.82) is 5.26 Å². The number of ketones is 1. The molecule has 0 aromatic heterocycles. The summed E-state index contributed by atoms with van der Waals surface area (Å²) in [6, 6.07) is 9.13. The topological polar surface area (TPSA) is 50.1 Å². The Morgan fingerprint density at radius 2 is 2.20 bits per heavy atom. The maximum Gasteiger partial charge on any atom is 0.154 e. The Morgan fingerprint density at radius 1 is 1.53 bits per heavy atom. The van der Waals surface area contributed by atoms with Crippen LogP contribution in [0, 0.1) is 11.3 Å². The van der Waals surface area contributed by atoms with E-state index < -0.39 is 5.92 Å². The van der Waals surface area contributed by atoms with Gasteiger partial charge in [-0.1, -0.05) is 25.1 Å². The lowest BCUT2D eigenvalue weighted by atomic mass is 9.94. The molecule has 1 rings (SSSR count). The van der Waals surface area contributed by atoms with E-state index in [0.29, 0.717) is 17.7 Å². The van der Waals surface area contributed by atoms with Gasteiger partial charge in [0.15, 0.2) is 5.78 Å². The van der Waals surface area contributed by atoms with Crippen molar-refractivity contribution in [2.45, 2.75) is 19.3 Å².